The molecular formula is C12H28O3Si. The van der Waals surface area contributed by atoms with Gasteiger partial charge in [-0.05, 0) is 11.8 Å². The molecule has 0 rings (SSSR count). The maximum Gasteiger partial charge on any atom is 0.500 e. The molecule has 0 aromatic heterocycles. The van der Waals surface area contributed by atoms with Crippen molar-refractivity contribution in [3.8, 4) is 0 Å². The van der Waals surface area contributed by atoms with Crippen LogP contribution < -0.4 is 0 Å². The number of hydrogen-bond acceptors (Lipinski definition) is 3. The highest BCUT2D eigenvalue weighted by Crippen LogP contribution is 2.29. The minimum Gasteiger partial charge on any atom is -0.377 e. The minimum atomic E-state index is -2.44. The average molecular weight is 248 g/mol. The molecule has 98 valence electrons. The zero-order valence-electron chi connectivity index (χ0n) is 11.9. The third kappa shape index (κ3) is 4.53. The summed E-state index contributed by atoms with van der Waals surface area (Å²) in [6, 6.07) is 0.882. The van der Waals surface area contributed by atoms with Gasteiger partial charge < -0.3 is 13.3 Å². The van der Waals surface area contributed by atoms with Crippen molar-refractivity contribution < 1.29 is 13.3 Å². The Morgan fingerprint density at radius 2 is 1.56 bits per heavy atom. The van der Waals surface area contributed by atoms with E-state index in [0.717, 1.165) is 18.9 Å². The van der Waals surface area contributed by atoms with E-state index in [-0.39, 0.29) is 11.5 Å². The fourth-order valence-corrected chi connectivity index (χ4v) is 4.29. The molecule has 0 saturated heterocycles. The van der Waals surface area contributed by atoms with Crippen LogP contribution in [0.3, 0.4) is 0 Å². The van der Waals surface area contributed by atoms with Crippen molar-refractivity contribution in [3.63, 3.8) is 0 Å². The van der Waals surface area contributed by atoms with Crippen molar-refractivity contribution in [2.24, 2.45) is 5.41 Å². The number of hydrogen-bond donors (Lipinski definition) is 0. The van der Waals surface area contributed by atoms with E-state index in [9.17, 15) is 0 Å². The number of rotatable bonds is 7. The fourth-order valence-electron chi connectivity index (χ4n) is 1.84. The molecule has 1 unspecified atom stereocenters. The topological polar surface area (TPSA) is 27.7 Å². The largest absolute Gasteiger partial charge is 0.500 e. The summed E-state index contributed by atoms with van der Waals surface area (Å²) in [5, 5.41) is 0. The van der Waals surface area contributed by atoms with Crippen molar-refractivity contribution in [2.45, 2.75) is 59.6 Å². The average Bonchev–Trinajstić information content (AvgIpc) is 2.22. The Kier molecular flexibility index (Phi) is 6.78. The van der Waals surface area contributed by atoms with Gasteiger partial charge in [-0.3, -0.25) is 0 Å². The van der Waals surface area contributed by atoms with Gasteiger partial charge in [0.25, 0.3) is 0 Å². The predicted molar refractivity (Wildman–Crippen MR) is 69.5 cm³/mol. The van der Waals surface area contributed by atoms with Gasteiger partial charge in [-0.2, -0.15) is 0 Å². The van der Waals surface area contributed by atoms with Crippen LogP contribution in [0.15, 0.2) is 0 Å². The molecule has 0 saturated carbocycles. The zero-order valence-corrected chi connectivity index (χ0v) is 12.9. The maximum atomic E-state index is 6.18. The Morgan fingerprint density at radius 3 is 1.81 bits per heavy atom. The van der Waals surface area contributed by atoms with Crippen LogP contribution in [0.4, 0.5) is 0 Å². The zero-order chi connectivity index (χ0) is 12.8. The third-order valence-corrected chi connectivity index (χ3v) is 5.84. The van der Waals surface area contributed by atoms with Crippen molar-refractivity contribution in [3.05, 3.63) is 0 Å². The molecular weight excluding hydrogens is 220 g/mol. The summed E-state index contributed by atoms with van der Waals surface area (Å²) in [7, 11) is 0.953. The van der Waals surface area contributed by atoms with Crippen molar-refractivity contribution in [1.82, 2.24) is 0 Å². The molecule has 4 heteroatoms. The highest BCUT2D eigenvalue weighted by molar-refractivity contribution is 6.60. The Morgan fingerprint density at radius 1 is 1.06 bits per heavy atom. The van der Waals surface area contributed by atoms with E-state index in [1.165, 1.54) is 0 Å². The van der Waals surface area contributed by atoms with Crippen LogP contribution in [0.2, 0.25) is 6.04 Å². The van der Waals surface area contributed by atoms with Gasteiger partial charge in [0.1, 0.15) is 0 Å². The second-order valence-corrected chi connectivity index (χ2v) is 8.14. The monoisotopic (exact) mass is 248 g/mol. The summed E-state index contributed by atoms with van der Waals surface area (Å²) in [4.78, 5) is 0. The first-order chi connectivity index (χ1) is 7.35. The van der Waals surface area contributed by atoms with Gasteiger partial charge in [0.05, 0.1) is 6.10 Å². The molecule has 1 atom stereocenters. The fraction of sp³-hybridized carbons (Fsp3) is 1.00. The molecule has 0 spiro atoms. The molecule has 0 aliphatic rings. The van der Waals surface area contributed by atoms with Gasteiger partial charge in [-0.25, -0.2) is 0 Å². The van der Waals surface area contributed by atoms with Crippen LogP contribution in [-0.2, 0) is 13.3 Å². The molecule has 0 amide bonds. The lowest BCUT2D eigenvalue weighted by atomic mass is 9.88. The van der Waals surface area contributed by atoms with Crippen LogP contribution in [0, 0.1) is 5.41 Å². The SMILES string of the molecule is CCC[Si](OC)(OC)OC(CC)C(C)(C)C. The first-order valence-electron chi connectivity index (χ1n) is 6.13. The summed E-state index contributed by atoms with van der Waals surface area (Å²) in [6.45, 7) is 10.8. The quantitative estimate of drug-likeness (QED) is 0.646. The molecule has 0 aromatic rings. The Hall–Kier alpha value is 0.0969. The summed E-state index contributed by atoms with van der Waals surface area (Å²) >= 11 is 0. The molecule has 0 radical (unpaired) electrons. The minimum absolute atomic E-state index is 0.123. The van der Waals surface area contributed by atoms with Crippen molar-refractivity contribution in [1.29, 1.82) is 0 Å². The van der Waals surface area contributed by atoms with Crippen molar-refractivity contribution >= 4 is 8.80 Å². The highest BCUT2D eigenvalue weighted by atomic mass is 28.4. The van der Waals surface area contributed by atoms with Gasteiger partial charge in [0.2, 0.25) is 0 Å². The van der Waals surface area contributed by atoms with Crippen molar-refractivity contribution in [2.75, 3.05) is 14.2 Å². The molecule has 0 bridgehead atoms. The van der Waals surface area contributed by atoms with Crippen LogP contribution in [-0.4, -0.2) is 29.1 Å². The summed E-state index contributed by atoms with van der Waals surface area (Å²) in [5.41, 5.74) is 0.123. The van der Waals surface area contributed by atoms with E-state index in [1.54, 1.807) is 14.2 Å². The molecule has 16 heavy (non-hydrogen) atoms. The summed E-state index contributed by atoms with van der Waals surface area (Å²) in [6.07, 6.45) is 2.19. The normalized spacial score (nSPS) is 15.2. The lowest BCUT2D eigenvalue weighted by Gasteiger charge is -2.37. The van der Waals surface area contributed by atoms with Crippen LogP contribution in [0.1, 0.15) is 47.5 Å². The van der Waals surface area contributed by atoms with E-state index in [0.29, 0.717) is 0 Å². The lowest BCUT2D eigenvalue weighted by molar-refractivity contribution is 0.000584. The Balaban J connectivity index is 4.71. The summed E-state index contributed by atoms with van der Waals surface area (Å²) in [5.74, 6) is 0. The molecule has 0 aromatic carbocycles. The van der Waals surface area contributed by atoms with E-state index >= 15 is 0 Å². The first-order valence-corrected chi connectivity index (χ1v) is 8.06. The van der Waals surface area contributed by atoms with Gasteiger partial charge in [0.15, 0.2) is 0 Å². The smallest absolute Gasteiger partial charge is 0.377 e. The second-order valence-electron chi connectivity index (χ2n) is 5.22. The van der Waals surface area contributed by atoms with Gasteiger partial charge >= 0.3 is 8.80 Å². The van der Waals surface area contributed by atoms with Crippen LogP contribution in [0.25, 0.3) is 0 Å². The molecule has 0 aliphatic heterocycles. The third-order valence-electron chi connectivity index (χ3n) is 2.84. The molecule has 3 nitrogen and oxygen atoms in total. The van der Waals surface area contributed by atoms with Gasteiger partial charge in [0, 0.05) is 20.3 Å². The molecule has 0 N–H and O–H groups in total. The van der Waals surface area contributed by atoms with Gasteiger partial charge in [-0.1, -0.05) is 41.0 Å². The maximum absolute atomic E-state index is 6.18. The standard InChI is InChI=1S/C12H28O3Si/c1-8-10-16(13-6,14-7)15-11(9-2)12(3,4)5/h11H,8-10H2,1-7H3. The molecule has 0 heterocycles. The van der Waals surface area contributed by atoms with Gasteiger partial charge in [-0.15, -0.1) is 0 Å². The second kappa shape index (κ2) is 6.74. The predicted octanol–water partition coefficient (Wildman–Crippen LogP) is 3.47. The lowest BCUT2D eigenvalue weighted by Crippen LogP contribution is -2.49. The van der Waals surface area contributed by atoms with E-state index in [1.807, 2.05) is 0 Å². The molecule has 0 fully saturated rings. The summed E-state index contributed by atoms with van der Waals surface area (Å²) < 4.78 is 17.3. The van der Waals surface area contributed by atoms with E-state index in [4.69, 9.17) is 13.3 Å². The van der Waals surface area contributed by atoms with Crippen LogP contribution in [0.5, 0.6) is 0 Å². The first kappa shape index (κ1) is 16.1. The molecule has 0 aliphatic carbocycles. The Bertz CT molecular complexity index is 185. The van der Waals surface area contributed by atoms with E-state index in [2.05, 4.69) is 34.6 Å². The Labute approximate surface area is 102 Å². The van der Waals surface area contributed by atoms with Crippen LogP contribution >= 0.6 is 0 Å². The highest BCUT2D eigenvalue weighted by Gasteiger charge is 2.42. The van der Waals surface area contributed by atoms with E-state index < -0.39 is 8.80 Å².